The average molecular weight is 539 g/mol. The molecule has 1 unspecified atom stereocenters. The van der Waals surface area contributed by atoms with Gasteiger partial charge in [0.25, 0.3) is 0 Å². The van der Waals surface area contributed by atoms with Gasteiger partial charge in [-0.3, -0.25) is 14.4 Å². The number of carbonyl (C=O) groups excluding carboxylic acids is 4. The lowest BCUT2D eigenvalue weighted by Gasteiger charge is -2.41. The summed E-state index contributed by atoms with van der Waals surface area (Å²) in [6.07, 6.45) is 1.74. The van der Waals surface area contributed by atoms with E-state index in [1.807, 2.05) is 13.0 Å². The Morgan fingerprint density at radius 2 is 1.69 bits per heavy atom. The maximum absolute atomic E-state index is 14.4. The van der Waals surface area contributed by atoms with Crippen molar-refractivity contribution in [3.8, 4) is 0 Å². The second-order valence-electron chi connectivity index (χ2n) is 12.5. The average Bonchev–Trinajstić information content (AvgIpc) is 3.73. The van der Waals surface area contributed by atoms with Crippen LogP contribution in [0.1, 0.15) is 71.2 Å². The Bertz CT molecular complexity index is 1210. The van der Waals surface area contributed by atoms with E-state index in [4.69, 9.17) is 18.9 Å². The number of Topliss-reactive ketones (excluding diaryl/α,β-unsaturated/α-hetero) is 1. The number of ether oxygens (including phenoxy) is 4. The van der Waals surface area contributed by atoms with Gasteiger partial charge in [0.05, 0.1) is 18.1 Å². The second kappa shape index (κ2) is 9.58. The van der Waals surface area contributed by atoms with Gasteiger partial charge in [-0.2, -0.15) is 0 Å². The molecule has 210 valence electrons. The van der Waals surface area contributed by atoms with Crippen molar-refractivity contribution in [3.05, 3.63) is 47.5 Å². The molecule has 1 aromatic carbocycles. The highest BCUT2D eigenvalue weighted by molar-refractivity contribution is 6.03. The molecule has 2 saturated carbocycles. The quantitative estimate of drug-likeness (QED) is 0.314. The van der Waals surface area contributed by atoms with Crippen LogP contribution in [0.5, 0.6) is 0 Å². The van der Waals surface area contributed by atoms with E-state index < -0.39 is 47.2 Å². The molecule has 0 radical (unpaired) electrons. The lowest BCUT2D eigenvalue weighted by atomic mass is 9.74. The van der Waals surface area contributed by atoms with Gasteiger partial charge in [0.15, 0.2) is 5.60 Å². The molecular weight excluding hydrogens is 500 g/mol. The topological polar surface area (TPSA) is 108 Å². The molecule has 1 spiro atoms. The number of esters is 3. The molecule has 1 aliphatic heterocycles. The van der Waals surface area contributed by atoms with E-state index in [2.05, 4.69) is 13.8 Å². The summed E-state index contributed by atoms with van der Waals surface area (Å²) in [4.78, 5) is 52.9. The summed E-state index contributed by atoms with van der Waals surface area (Å²) in [7, 11) is 0. The molecule has 4 aliphatic rings. The van der Waals surface area contributed by atoms with E-state index in [1.54, 1.807) is 37.3 Å². The van der Waals surface area contributed by atoms with Gasteiger partial charge in [-0.1, -0.05) is 45.0 Å². The molecule has 8 heteroatoms. The third-order valence-corrected chi connectivity index (χ3v) is 9.50. The van der Waals surface area contributed by atoms with Crippen LogP contribution in [0.3, 0.4) is 0 Å². The maximum atomic E-state index is 14.4. The van der Waals surface area contributed by atoms with E-state index in [0.29, 0.717) is 30.1 Å². The van der Waals surface area contributed by atoms with Crippen molar-refractivity contribution in [1.82, 2.24) is 0 Å². The zero-order valence-electron chi connectivity index (χ0n) is 23.5. The van der Waals surface area contributed by atoms with Gasteiger partial charge in [-0.25, -0.2) is 4.79 Å². The molecule has 1 aromatic rings. The molecule has 3 fully saturated rings. The molecular formula is C31H38O8. The Morgan fingerprint density at radius 1 is 1.03 bits per heavy atom. The summed E-state index contributed by atoms with van der Waals surface area (Å²) in [6.45, 7) is 10.9. The van der Waals surface area contributed by atoms with Crippen molar-refractivity contribution in [3.63, 3.8) is 0 Å². The molecule has 1 heterocycles. The number of hydrogen-bond donors (Lipinski definition) is 0. The number of rotatable bonds is 4. The van der Waals surface area contributed by atoms with E-state index >= 15 is 0 Å². The van der Waals surface area contributed by atoms with E-state index in [0.717, 1.165) is 6.42 Å². The Balaban J connectivity index is 1.66. The van der Waals surface area contributed by atoms with E-state index in [9.17, 15) is 19.2 Å². The zero-order chi connectivity index (χ0) is 28.3. The molecule has 39 heavy (non-hydrogen) atoms. The molecule has 0 amide bonds. The number of ketones is 1. The number of hydrogen-bond acceptors (Lipinski definition) is 8. The van der Waals surface area contributed by atoms with Crippen molar-refractivity contribution in [2.45, 2.75) is 84.2 Å². The van der Waals surface area contributed by atoms with E-state index in [1.165, 1.54) is 13.8 Å². The highest BCUT2D eigenvalue weighted by atomic mass is 16.6. The highest BCUT2D eigenvalue weighted by Crippen LogP contribution is 2.64. The minimum absolute atomic E-state index is 0.0124. The van der Waals surface area contributed by atoms with Crippen LogP contribution in [-0.4, -0.2) is 53.7 Å². The molecule has 5 rings (SSSR count). The highest BCUT2D eigenvalue weighted by Gasteiger charge is 2.71. The summed E-state index contributed by atoms with van der Waals surface area (Å²) in [5, 5.41) is 0. The van der Waals surface area contributed by atoms with Crippen LogP contribution < -0.4 is 0 Å². The van der Waals surface area contributed by atoms with Gasteiger partial charge >= 0.3 is 17.9 Å². The summed E-state index contributed by atoms with van der Waals surface area (Å²) in [5.41, 5.74) is -1.68. The second-order valence-corrected chi connectivity index (χ2v) is 12.5. The van der Waals surface area contributed by atoms with Gasteiger partial charge in [-0.15, -0.1) is 0 Å². The number of carbonyl (C=O) groups is 4. The number of epoxide rings is 1. The molecule has 8 atom stereocenters. The summed E-state index contributed by atoms with van der Waals surface area (Å²) < 4.78 is 24.2. The Kier molecular flexibility index (Phi) is 6.77. The minimum atomic E-state index is -1.69. The fourth-order valence-electron chi connectivity index (χ4n) is 7.36. The molecule has 0 N–H and O–H groups in total. The normalized spacial score (nSPS) is 39.7. The first-order valence-electron chi connectivity index (χ1n) is 13.8. The monoisotopic (exact) mass is 538 g/mol. The van der Waals surface area contributed by atoms with Crippen LogP contribution in [0.25, 0.3) is 0 Å². The van der Waals surface area contributed by atoms with Crippen molar-refractivity contribution in [2.75, 3.05) is 6.61 Å². The largest absolute Gasteiger partial charge is 0.459 e. The predicted octanol–water partition coefficient (Wildman–Crippen LogP) is 4.45. The molecule has 1 saturated heterocycles. The summed E-state index contributed by atoms with van der Waals surface area (Å²) >= 11 is 0. The Morgan fingerprint density at radius 3 is 2.28 bits per heavy atom. The van der Waals surface area contributed by atoms with Gasteiger partial charge in [0, 0.05) is 20.3 Å². The predicted molar refractivity (Wildman–Crippen MR) is 140 cm³/mol. The number of benzene rings is 1. The minimum Gasteiger partial charge on any atom is -0.459 e. The number of allylic oxidation sites excluding steroid dienone is 1. The van der Waals surface area contributed by atoms with Crippen LogP contribution in [0.15, 0.2) is 42.0 Å². The van der Waals surface area contributed by atoms with Crippen LogP contribution in [0.4, 0.5) is 0 Å². The van der Waals surface area contributed by atoms with Crippen LogP contribution in [-0.2, 0) is 33.3 Å². The summed E-state index contributed by atoms with van der Waals surface area (Å²) in [5.74, 6) is -2.86. The first-order chi connectivity index (χ1) is 18.3. The lowest BCUT2D eigenvalue weighted by molar-refractivity contribution is -0.186. The lowest BCUT2D eigenvalue weighted by Crippen LogP contribution is -2.58. The molecule has 8 nitrogen and oxygen atoms in total. The Labute approximate surface area is 229 Å². The molecule has 3 aliphatic carbocycles. The van der Waals surface area contributed by atoms with E-state index in [-0.39, 0.29) is 29.5 Å². The third kappa shape index (κ3) is 4.71. The smallest absolute Gasteiger partial charge is 0.338 e. The maximum Gasteiger partial charge on any atom is 0.338 e. The SMILES string of the molecule is CC(=O)O[C@@H]1C2[C@@H](OC(=O)c3ccccc3)[C@@H](C)C[C@]2(OC(C)=O)C(=O)/C(C)=C/[C@@H]2[C@H](CC[C@]13CO3)C2(C)C. The molecule has 0 aromatic heterocycles. The van der Waals surface area contributed by atoms with Gasteiger partial charge in [0.1, 0.15) is 17.8 Å². The van der Waals surface area contributed by atoms with Crippen molar-refractivity contribution < 1.29 is 38.1 Å². The standard InChI is InChI=1S/C31H38O8/c1-17-14-23-22(29(23,5)6)12-13-30(16-36-30)27(37-19(3)32)24-25(38-28(35)21-10-8-7-9-11-21)18(2)15-31(24,26(17)34)39-20(4)33/h7-11,14,18,22-25,27H,12-13,15-16H2,1-6H3/b17-14+/t18-,22-,23+,24?,25-,27+,30-,31+/m0/s1. The van der Waals surface area contributed by atoms with Gasteiger partial charge in [-0.05, 0) is 60.6 Å². The molecule has 0 bridgehead atoms. The van der Waals surface area contributed by atoms with Crippen LogP contribution >= 0.6 is 0 Å². The fraction of sp³-hybridized carbons (Fsp3) is 0.613. The third-order valence-electron chi connectivity index (χ3n) is 9.50. The Hall–Kier alpha value is -3.00. The zero-order valence-corrected chi connectivity index (χ0v) is 23.5. The van der Waals surface area contributed by atoms with Gasteiger partial charge < -0.3 is 18.9 Å². The first kappa shape index (κ1) is 27.6. The van der Waals surface area contributed by atoms with Crippen LogP contribution in [0, 0.1) is 29.1 Å². The number of fused-ring (bicyclic) bond motifs is 2. The van der Waals surface area contributed by atoms with Crippen LogP contribution in [0.2, 0.25) is 0 Å². The summed E-state index contributed by atoms with van der Waals surface area (Å²) in [6, 6.07) is 8.59. The van der Waals surface area contributed by atoms with Gasteiger partial charge in [0.2, 0.25) is 5.78 Å². The first-order valence-corrected chi connectivity index (χ1v) is 13.8. The van der Waals surface area contributed by atoms with Crippen molar-refractivity contribution >= 4 is 23.7 Å². The fourth-order valence-corrected chi connectivity index (χ4v) is 7.36. The van der Waals surface area contributed by atoms with Crippen molar-refractivity contribution in [1.29, 1.82) is 0 Å². The van der Waals surface area contributed by atoms with Crippen molar-refractivity contribution in [2.24, 2.45) is 29.1 Å².